The summed E-state index contributed by atoms with van der Waals surface area (Å²) in [6.45, 7) is 6.00. The average Bonchev–Trinajstić information content (AvgIpc) is 3.21. The molecule has 1 aliphatic heterocycles. The van der Waals surface area contributed by atoms with E-state index in [-0.39, 0.29) is 0 Å². The van der Waals surface area contributed by atoms with E-state index in [1.807, 2.05) is 11.8 Å². The molecule has 1 aromatic heterocycles. The Morgan fingerprint density at radius 3 is 2.40 bits per heavy atom. The number of amides is 1. The van der Waals surface area contributed by atoms with Crippen LogP contribution in [0, 0.1) is 12.8 Å². The minimum atomic E-state index is 0.303. The first-order valence-corrected chi connectivity index (χ1v) is 9.04. The number of carbonyl (C=O) groups is 1. The number of piperazine rings is 1. The molecule has 0 bridgehead atoms. The Hall–Kier alpha value is -2.21. The molecule has 1 aliphatic carbocycles. The summed E-state index contributed by atoms with van der Waals surface area (Å²) in [4.78, 5) is 17.0. The fourth-order valence-corrected chi connectivity index (χ4v) is 3.93. The Balaban J connectivity index is 1.25. The maximum atomic E-state index is 12.7. The maximum Gasteiger partial charge on any atom is 0.222 e. The van der Waals surface area contributed by atoms with Crippen molar-refractivity contribution < 1.29 is 9.42 Å². The second-order valence-electron chi connectivity index (χ2n) is 7.20. The zero-order valence-corrected chi connectivity index (χ0v) is 14.6. The number of carbonyl (C=O) groups excluding carboxylic acids is 1. The van der Waals surface area contributed by atoms with E-state index in [1.54, 1.807) is 0 Å². The van der Waals surface area contributed by atoms with Crippen molar-refractivity contribution in [2.45, 2.75) is 32.7 Å². The molecule has 1 saturated heterocycles. The average molecular weight is 340 g/mol. The van der Waals surface area contributed by atoms with Crippen LogP contribution in [0.25, 0.3) is 0 Å². The molecule has 2 aromatic rings. The van der Waals surface area contributed by atoms with Crippen molar-refractivity contribution in [1.29, 1.82) is 0 Å². The topological polar surface area (TPSA) is 62.5 Å². The van der Waals surface area contributed by atoms with E-state index >= 15 is 0 Å². The van der Waals surface area contributed by atoms with E-state index in [0.717, 1.165) is 57.0 Å². The predicted molar refractivity (Wildman–Crippen MR) is 92.8 cm³/mol. The van der Waals surface area contributed by atoms with Crippen molar-refractivity contribution in [3.05, 3.63) is 46.8 Å². The normalized spacial score (nSPS) is 18.5. The second kappa shape index (κ2) is 6.96. The molecule has 2 aliphatic rings. The number of benzene rings is 1. The molecule has 6 heteroatoms. The molecule has 0 N–H and O–H groups in total. The third kappa shape index (κ3) is 3.58. The van der Waals surface area contributed by atoms with Gasteiger partial charge in [-0.2, -0.15) is 0 Å². The van der Waals surface area contributed by atoms with Crippen LogP contribution in [0.4, 0.5) is 0 Å². The summed E-state index contributed by atoms with van der Waals surface area (Å²) in [6, 6.07) is 8.57. The maximum absolute atomic E-state index is 12.7. The smallest absolute Gasteiger partial charge is 0.222 e. The lowest BCUT2D eigenvalue weighted by Crippen LogP contribution is -2.48. The van der Waals surface area contributed by atoms with Crippen LogP contribution >= 0.6 is 0 Å². The lowest BCUT2D eigenvalue weighted by Gasteiger charge is -2.34. The summed E-state index contributed by atoms with van der Waals surface area (Å²) in [6.07, 6.45) is 2.75. The minimum Gasteiger partial charge on any atom is -0.340 e. The molecular formula is C19H24N4O2. The van der Waals surface area contributed by atoms with Crippen LogP contribution in [-0.2, 0) is 24.2 Å². The minimum absolute atomic E-state index is 0.303. The Bertz CT molecular complexity index is 724. The van der Waals surface area contributed by atoms with Crippen molar-refractivity contribution in [3.8, 4) is 0 Å². The number of nitrogens with zero attached hydrogens (tertiary/aromatic N) is 4. The predicted octanol–water partition coefficient (Wildman–Crippen LogP) is 1.83. The van der Waals surface area contributed by atoms with Gasteiger partial charge in [0, 0.05) is 39.1 Å². The lowest BCUT2D eigenvalue weighted by molar-refractivity contribution is -0.134. The van der Waals surface area contributed by atoms with Crippen LogP contribution in [-0.4, -0.2) is 52.2 Å². The van der Waals surface area contributed by atoms with Gasteiger partial charge in [0.25, 0.3) is 0 Å². The highest BCUT2D eigenvalue weighted by Crippen LogP contribution is 2.29. The molecule has 6 nitrogen and oxygen atoms in total. The van der Waals surface area contributed by atoms with E-state index < -0.39 is 0 Å². The molecule has 0 unspecified atom stereocenters. The van der Waals surface area contributed by atoms with Crippen LogP contribution in [0.3, 0.4) is 0 Å². The van der Waals surface area contributed by atoms with Crippen molar-refractivity contribution >= 4 is 5.91 Å². The number of hydrogen-bond acceptors (Lipinski definition) is 5. The van der Waals surface area contributed by atoms with Gasteiger partial charge >= 0.3 is 0 Å². The van der Waals surface area contributed by atoms with Crippen LogP contribution < -0.4 is 0 Å². The largest absolute Gasteiger partial charge is 0.340 e. The van der Waals surface area contributed by atoms with Gasteiger partial charge in [0.05, 0.1) is 0 Å². The molecule has 132 valence electrons. The Morgan fingerprint density at radius 2 is 1.80 bits per heavy atom. The van der Waals surface area contributed by atoms with Crippen LogP contribution in [0.5, 0.6) is 0 Å². The number of aryl methyl sites for hydroxylation is 1. The van der Waals surface area contributed by atoms with Gasteiger partial charge in [-0.1, -0.05) is 34.6 Å². The second-order valence-corrected chi connectivity index (χ2v) is 7.20. The monoisotopic (exact) mass is 340 g/mol. The van der Waals surface area contributed by atoms with Gasteiger partial charge in [-0.15, -0.1) is 0 Å². The summed E-state index contributed by atoms with van der Waals surface area (Å²) >= 11 is 0. The molecular weight excluding hydrogens is 316 g/mol. The van der Waals surface area contributed by atoms with E-state index in [0.29, 0.717) is 18.2 Å². The third-order valence-electron chi connectivity index (χ3n) is 5.44. The quantitative estimate of drug-likeness (QED) is 0.850. The van der Waals surface area contributed by atoms with Gasteiger partial charge in [-0.3, -0.25) is 9.69 Å². The zero-order valence-electron chi connectivity index (χ0n) is 14.6. The SMILES string of the molecule is Cc1nonc1CN1CCN(C(=O)CC2Cc3ccccc3C2)CC1. The van der Waals surface area contributed by atoms with Gasteiger partial charge in [0.2, 0.25) is 5.91 Å². The van der Waals surface area contributed by atoms with Crippen molar-refractivity contribution in [1.82, 2.24) is 20.1 Å². The highest BCUT2D eigenvalue weighted by atomic mass is 16.6. The Kier molecular flexibility index (Phi) is 4.53. The number of hydrogen-bond donors (Lipinski definition) is 0. The highest BCUT2D eigenvalue weighted by molar-refractivity contribution is 5.76. The van der Waals surface area contributed by atoms with Gasteiger partial charge < -0.3 is 4.90 Å². The summed E-state index contributed by atoms with van der Waals surface area (Å²) in [7, 11) is 0. The molecule has 2 heterocycles. The standard InChI is InChI=1S/C19H24N4O2/c1-14-18(21-25-20-14)13-22-6-8-23(9-7-22)19(24)12-15-10-16-4-2-3-5-17(16)11-15/h2-5,15H,6-13H2,1H3. The van der Waals surface area contributed by atoms with E-state index in [4.69, 9.17) is 4.63 Å². The molecule has 1 amide bonds. The molecule has 4 rings (SSSR count). The Morgan fingerprint density at radius 1 is 1.12 bits per heavy atom. The molecule has 0 atom stereocenters. The van der Waals surface area contributed by atoms with Gasteiger partial charge in [-0.25, -0.2) is 4.63 Å². The molecule has 0 spiro atoms. The zero-order chi connectivity index (χ0) is 17.2. The molecule has 1 fully saturated rings. The molecule has 0 saturated carbocycles. The van der Waals surface area contributed by atoms with E-state index in [1.165, 1.54) is 11.1 Å². The van der Waals surface area contributed by atoms with Gasteiger partial charge in [0.15, 0.2) is 0 Å². The summed E-state index contributed by atoms with van der Waals surface area (Å²) in [5, 5.41) is 7.77. The van der Waals surface area contributed by atoms with Crippen molar-refractivity contribution in [3.63, 3.8) is 0 Å². The fraction of sp³-hybridized carbons (Fsp3) is 0.526. The van der Waals surface area contributed by atoms with Crippen LogP contribution in [0.1, 0.15) is 28.9 Å². The first kappa shape index (κ1) is 16.3. The van der Waals surface area contributed by atoms with Crippen molar-refractivity contribution in [2.75, 3.05) is 26.2 Å². The lowest BCUT2D eigenvalue weighted by atomic mass is 10.0. The molecule has 25 heavy (non-hydrogen) atoms. The van der Waals surface area contributed by atoms with Crippen molar-refractivity contribution in [2.24, 2.45) is 5.92 Å². The van der Waals surface area contributed by atoms with Crippen LogP contribution in [0.15, 0.2) is 28.9 Å². The fourth-order valence-electron chi connectivity index (χ4n) is 3.93. The number of aromatic nitrogens is 2. The first-order chi connectivity index (χ1) is 12.2. The molecule has 0 radical (unpaired) electrons. The van der Waals surface area contributed by atoms with E-state index in [9.17, 15) is 4.79 Å². The summed E-state index contributed by atoms with van der Waals surface area (Å²) in [5.41, 5.74) is 4.58. The summed E-state index contributed by atoms with van der Waals surface area (Å²) < 4.78 is 4.76. The highest BCUT2D eigenvalue weighted by Gasteiger charge is 2.27. The summed E-state index contributed by atoms with van der Waals surface area (Å²) in [5.74, 6) is 0.767. The number of fused-ring (bicyclic) bond motifs is 1. The molecule has 1 aromatic carbocycles. The van der Waals surface area contributed by atoms with E-state index in [2.05, 4.69) is 39.5 Å². The Labute approximate surface area is 147 Å². The van der Waals surface area contributed by atoms with Crippen LogP contribution in [0.2, 0.25) is 0 Å². The van der Waals surface area contributed by atoms with Gasteiger partial charge in [0.1, 0.15) is 11.4 Å². The number of rotatable bonds is 4. The third-order valence-corrected chi connectivity index (χ3v) is 5.44. The van der Waals surface area contributed by atoms with Gasteiger partial charge in [-0.05, 0) is 36.8 Å². The first-order valence-electron chi connectivity index (χ1n) is 9.04.